The van der Waals surface area contributed by atoms with E-state index in [2.05, 4.69) is 0 Å². The van der Waals surface area contributed by atoms with Crippen molar-refractivity contribution < 1.29 is 14.7 Å². The molecule has 1 amide bonds. The number of carboxylic acid groups (broad SMARTS) is 1. The first-order valence-electron chi connectivity index (χ1n) is 4.01. The Kier molecular flexibility index (Phi) is 2.67. The molecular weight excluding hydrogens is 172 g/mol. The van der Waals surface area contributed by atoms with Crippen molar-refractivity contribution in [3.8, 4) is 0 Å². The number of aliphatic carboxylic acids is 1. The topological polar surface area (TPSA) is 83.6 Å². The van der Waals surface area contributed by atoms with Crippen molar-refractivity contribution >= 4 is 11.9 Å². The number of carbonyl (C=O) groups excluding carboxylic acids is 1. The summed E-state index contributed by atoms with van der Waals surface area (Å²) in [5, 5.41) is 8.62. The Morgan fingerprint density at radius 3 is 2.85 bits per heavy atom. The maximum absolute atomic E-state index is 11.2. The van der Waals surface area contributed by atoms with E-state index in [0.717, 1.165) is 0 Å². The van der Waals surface area contributed by atoms with Crippen molar-refractivity contribution in [2.24, 2.45) is 5.73 Å². The van der Waals surface area contributed by atoms with Crippen molar-refractivity contribution in [1.29, 1.82) is 0 Å². The summed E-state index contributed by atoms with van der Waals surface area (Å²) in [4.78, 5) is 23.1. The number of hydrogen-bond donors (Lipinski definition) is 2. The van der Waals surface area contributed by atoms with Gasteiger partial charge in [-0.15, -0.1) is 0 Å². The predicted octanol–water partition coefficient (Wildman–Crippen LogP) is -0.466. The van der Waals surface area contributed by atoms with Crippen molar-refractivity contribution in [3.05, 3.63) is 11.8 Å². The van der Waals surface area contributed by atoms with Crippen LogP contribution in [0, 0.1) is 0 Å². The van der Waals surface area contributed by atoms with Crippen molar-refractivity contribution in [2.45, 2.75) is 19.4 Å². The Hall–Kier alpha value is -1.36. The zero-order valence-electron chi connectivity index (χ0n) is 7.36. The van der Waals surface area contributed by atoms with Gasteiger partial charge in [0.05, 0.1) is 12.0 Å². The van der Waals surface area contributed by atoms with Crippen molar-refractivity contribution in [2.75, 3.05) is 6.54 Å². The van der Waals surface area contributed by atoms with E-state index in [9.17, 15) is 9.59 Å². The summed E-state index contributed by atoms with van der Waals surface area (Å²) in [6.07, 6.45) is 1.34. The van der Waals surface area contributed by atoms with Gasteiger partial charge in [0.2, 0.25) is 5.91 Å². The summed E-state index contributed by atoms with van der Waals surface area (Å²) in [5.41, 5.74) is 5.49. The maximum Gasteiger partial charge on any atom is 0.333 e. The molecule has 0 fully saturated rings. The molecule has 1 aliphatic rings. The lowest BCUT2D eigenvalue weighted by molar-refractivity contribution is -0.134. The predicted molar refractivity (Wildman–Crippen MR) is 45.7 cm³/mol. The SMILES string of the molecule is CC(CN)N1C=C(C(=O)O)CC1=O. The van der Waals surface area contributed by atoms with E-state index in [1.807, 2.05) is 0 Å². The van der Waals surface area contributed by atoms with Gasteiger partial charge in [0, 0.05) is 18.8 Å². The molecule has 0 aromatic rings. The lowest BCUT2D eigenvalue weighted by Gasteiger charge is -2.20. The van der Waals surface area contributed by atoms with Crippen LogP contribution < -0.4 is 5.73 Å². The van der Waals surface area contributed by atoms with Gasteiger partial charge >= 0.3 is 5.97 Å². The summed E-state index contributed by atoms with van der Waals surface area (Å²) in [7, 11) is 0. The Labute approximate surface area is 75.8 Å². The monoisotopic (exact) mass is 184 g/mol. The highest BCUT2D eigenvalue weighted by molar-refractivity contribution is 5.97. The van der Waals surface area contributed by atoms with Gasteiger partial charge in [0.1, 0.15) is 0 Å². The van der Waals surface area contributed by atoms with Gasteiger partial charge in [-0.25, -0.2) is 4.79 Å². The minimum Gasteiger partial charge on any atom is -0.478 e. The van der Waals surface area contributed by atoms with E-state index in [0.29, 0.717) is 6.54 Å². The smallest absolute Gasteiger partial charge is 0.333 e. The molecule has 0 saturated carbocycles. The molecule has 5 heteroatoms. The first-order valence-corrected chi connectivity index (χ1v) is 4.01. The fraction of sp³-hybridized carbons (Fsp3) is 0.500. The number of hydrogen-bond acceptors (Lipinski definition) is 3. The Balaban J connectivity index is 2.77. The average molecular weight is 184 g/mol. The highest BCUT2D eigenvalue weighted by Gasteiger charge is 2.28. The molecule has 1 rings (SSSR count). The van der Waals surface area contributed by atoms with E-state index in [4.69, 9.17) is 10.8 Å². The minimum absolute atomic E-state index is 0.0281. The number of amides is 1. The number of rotatable bonds is 3. The molecule has 1 atom stereocenters. The standard InChI is InChI=1S/C8H12N2O3/c1-5(3-9)10-4-6(8(12)13)2-7(10)11/h4-5H,2-3,9H2,1H3,(H,12,13). The third kappa shape index (κ3) is 1.86. The molecular formula is C8H12N2O3. The average Bonchev–Trinajstić information content (AvgIpc) is 2.46. The van der Waals surface area contributed by atoms with Crippen LogP contribution in [0.3, 0.4) is 0 Å². The highest BCUT2D eigenvalue weighted by atomic mass is 16.4. The molecule has 72 valence electrons. The summed E-state index contributed by atoms with van der Waals surface area (Å²) in [6, 6.07) is -0.135. The van der Waals surface area contributed by atoms with Crippen LogP contribution in [0.4, 0.5) is 0 Å². The van der Waals surface area contributed by atoms with Crippen LogP contribution in [0.25, 0.3) is 0 Å². The van der Waals surface area contributed by atoms with Gasteiger partial charge in [-0.2, -0.15) is 0 Å². The summed E-state index contributed by atoms with van der Waals surface area (Å²) in [6.45, 7) is 2.11. The lowest BCUT2D eigenvalue weighted by atomic mass is 10.2. The van der Waals surface area contributed by atoms with Gasteiger partial charge in [-0.3, -0.25) is 4.79 Å². The van der Waals surface area contributed by atoms with Gasteiger partial charge in [-0.05, 0) is 6.92 Å². The van der Waals surface area contributed by atoms with Crippen LogP contribution in [0.15, 0.2) is 11.8 Å². The maximum atomic E-state index is 11.2. The largest absolute Gasteiger partial charge is 0.478 e. The van der Waals surface area contributed by atoms with Gasteiger partial charge in [0.25, 0.3) is 0 Å². The molecule has 1 heterocycles. The number of carboxylic acids is 1. The van der Waals surface area contributed by atoms with E-state index in [1.165, 1.54) is 11.1 Å². The number of nitrogens with two attached hydrogens (primary N) is 1. The first-order chi connectivity index (χ1) is 6.06. The molecule has 0 aromatic carbocycles. The first kappa shape index (κ1) is 9.73. The summed E-state index contributed by atoms with van der Waals surface area (Å²) < 4.78 is 0. The van der Waals surface area contributed by atoms with Crippen LogP contribution in [0.5, 0.6) is 0 Å². The quantitative estimate of drug-likeness (QED) is 0.621. The van der Waals surface area contributed by atoms with Crippen LogP contribution >= 0.6 is 0 Å². The number of nitrogens with zero attached hydrogens (tertiary/aromatic N) is 1. The summed E-state index contributed by atoms with van der Waals surface area (Å²) in [5.74, 6) is -1.24. The van der Waals surface area contributed by atoms with E-state index in [1.54, 1.807) is 6.92 Å². The Morgan fingerprint density at radius 2 is 2.46 bits per heavy atom. The van der Waals surface area contributed by atoms with Crippen LogP contribution in [0.1, 0.15) is 13.3 Å². The van der Waals surface area contributed by atoms with Crippen molar-refractivity contribution in [3.63, 3.8) is 0 Å². The van der Waals surface area contributed by atoms with Gasteiger partial charge < -0.3 is 15.7 Å². The minimum atomic E-state index is -1.04. The van der Waals surface area contributed by atoms with E-state index in [-0.39, 0.29) is 23.9 Å². The van der Waals surface area contributed by atoms with Crippen LogP contribution in [-0.2, 0) is 9.59 Å². The molecule has 0 aromatic heterocycles. The van der Waals surface area contributed by atoms with Gasteiger partial charge in [0.15, 0.2) is 0 Å². The van der Waals surface area contributed by atoms with Crippen LogP contribution in [-0.4, -0.2) is 34.5 Å². The molecule has 0 aliphatic carbocycles. The molecule has 1 aliphatic heterocycles. The third-order valence-corrected chi connectivity index (χ3v) is 2.02. The zero-order chi connectivity index (χ0) is 10.0. The second kappa shape index (κ2) is 3.57. The Morgan fingerprint density at radius 1 is 1.85 bits per heavy atom. The molecule has 0 spiro atoms. The van der Waals surface area contributed by atoms with E-state index >= 15 is 0 Å². The molecule has 13 heavy (non-hydrogen) atoms. The normalized spacial score (nSPS) is 18.8. The molecule has 0 bridgehead atoms. The van der Waals surface area contributed by atoms with Crippen LogP contribution in [0.2, 0.25) is 0 Å². The fourth-order valence-electron chi connectivity index (χ4n) is 1.16. The lowest BCUT2D eigenvalue weighted by Crippen LogP contribution is -2.36. The Bertz CT molecular complexity index is 273. The molecule has 1 unspecified atom stereocenters. The highest BCUT2D eigenvalue weighted by Crippen LogP contribution is 2.17. The summed E-state index contributed by atoms with van der Waals surface area (Å²) >= 11 is 0. The fourth-order valence-corrected chi connectivity index (χ4v) is 1.16. The molecule has 5 nitrogen and oxygen atoms in total. The zero-order valence-corrected chi connectivity index (χ0v) is 7.36. The molecule has 0 radical (unpaired) electrons. The van der Waals surface area contributed by atoms with E-state index < -0.39 is 5.97 Å². The van der Waals surface area contributed by atoms with Crippen molar-refractivity contribution in [1.82, 2.24) is 4.90 Å². The second-order valence-electron chi connectivity index (χ2n) is 3.02. The third-order valence-electron chi connectivity index (χ3n) is 2.02. The molecule has 3 N–H and O–H groups in total. The second-order valence-corrected chi connectivity index (χ2v) is 3.02. The molecule has 0 saturated heterocycles. The van der Waals surface area contributed by atoms with Gasteiger partial charge in [-0.1, -0.05) is 0 Å². The number of carbonyl (C=O) groups is 2.